The Morgan fingerprint density at radius 1 is 1.29 bits per heavy atom. The molecule has 4 rings (SSSR count). The molecule has 2 aromatic heterocycles. The molecule has 8 heteroatoms. The molecule has 0 bridgehead atoms. The van der Waals surface area contributed by atoms with Crippen molar-refractivity contribution < 1.29 is 4.42 Å². The van der Waals surface area contributed by atoms with Crippen molar-refractivity contribution >= 4 is 21.9 Å². The summed E-state index contributed by atoms with van der Waals surface area (Å²) in [5, 5.41) is 11.3. The van der Waals surface area contributed by atoms with Crippen LogP contribution in [0.3, 0.4) is 0 Å². The number of hydrogen-bond donors (Lipinski definition) is 2. The Morgan fingerprint density at radius 2 is 2.18 bits per heavy atom. The number of aromatic nitrogens is 3. The lowest BCUT2D eigenvalue weighted by Crippen LogP contribution is -2.47. The minimum Gasteiger partial charge on any atom is -0.469 e. The molecule has 0 fully saturated rings. The zero-order valence-corrected chi connectivity index (χ0v) is 17.1. The highest BCUT2D eigenvalue weighted by molar-refractivity contribution is 9.10. The van der Waals surface area contributed by atoms with Crippen molar-refractivity contribution in [3.8, 4) is 0 Å². The minimum absolute atomic E-state index is 0.272. The Hall–Kier alpha value is -2.61. The van der Waals surface area contributed by atoms with Crippen LogP contribution < -0.4 is 10.6 Å². The van der Waals surface area contributed by atoms with Crippen molar-refractivity contribution in [2.24, 2.45) is 4.99 Å². The quantitative estimate of drug-likeness (QED) is 0.453. The highest BCUT2D eigenvalue weighted by atomic mass is 79.9. The molecule has 0 spiro atoms. The Morgan fingerprint density at radius 3 is 3.00 bits per heavy atom. The van der Waals surface area contributed by atoms with E-state index in [-0.39, 0.29) is 6.04 Å². The summed E-state index contributed by atoms with van der Waals surface area (Å²) >= 11 is 3.47. The van der Waals surface area contributed by atoms with Crippen LogP contribution in [0.15, 0.2) is 62.9 Å². The highest BCUT2D eigenvalue weighted by Crippen LogP contribution is 2.13. The van der Waals surface area contributed by atoms with Crippen LogP contribution in [0.1, 0.15) is 23.6 Å². The smallest absolute Gasteiger partial charge is 0.191 e. The largest absolute Gasteiger partial charge is 0.469 e. The van der Waals surface area contributed by atoms with Gasteiger partial charge in [-0.15, -0.1) is 0 Å². The van der Waals surface area contributed by atoms with E-state index in [9.17, 15) is 0 Å². The number of halogens is 1. The van der Waals surface area contributed by atoms with Gasteiger partial charge < -0.3 is 15.1 Å². The summed E-state index contributed by atoms with van der Waals surface area (Å²) in [4.78, 5) is 9.08. The van der Waals surface area contributed by atoms with Gasteiger partial charge in [0.25, 0.3) is 0 Å². The zero-order chi connectivity index (χ0) is 19.2. The topological polar surface area (TPSA) is 80.3 Å². The molecule has 0 saturated heterocycles. The molecular weight excluding hydrogens is 420 g/mol. The highest BCUT2D eigenvalue weighted by Gasteiger charge is 2.20. The molecule has 7 nitrogen and oxygen atoms in total. The van der Waals surface area contributed by atoms with Gasteiger partial charge in [0.1, 0.15) is 17.9 Å². The minimum atomic E-state index is 0.272. The van der Waals surface area contributed by atoms with Gasteiger partial charge in [-0.05, 0) is 36.2 Å². The van der Waals surface area contributed by atoms with Crippen molar-refractivity contribution in [1.29, 1.82) is 0 Å². The Bertz CT molecular complexity index is 903. The fraction of sp³-hybridized carbons (Fsp3) is 0.350. The SMILES string of the molecule is Brc1ccc(CN=C(NCCc2ccco2)NC2CCc3ncnn3C2)cc1. The molecule has 2 N–H and O–H groups in total. The van der Waals surface area contributed by atoms with Crippen LogP contribution in [0, 0.1) is 0 Å². The van der Waals surface area contributed by atoms with Gasteiger partial charge in [-0.25, -0.2) is 14.7 Å². The number of guanidine groups is 1. The lowest BCUT2D eigenvalue weighted by molar-refractivity contribution is 0.392. The molecule has 1 aromatic carbocycles. The van der Waals surface area contributed by atoms with Crippen molar-refractivity contribution in [2.45, 2.75) is 38.4 Å². The predicted octanol–water partition coefficient (Wildman–Crippen LogP) is 2.93. The van der Waals surface area contributed by atoms with Gasteiger partial charge in [0.2, 0.25) is 0 Å². The van der Waals surface area contributed by atoms with E-state index in [1.807, 2.05) is 28.9 Å². The lowest BCUT2D eigenvalue weighted by Gasteiger charge is -2.25. The Balaban J connectivity index is 1.39. The zero-order valence-electron chi connectivity index (χ0n) is 15.5. The summed E-state index contributed by atoms with van der Waals surface area (Å²) in [6.07, 6.45) is 6.07. The van der Waals surface area contributed by atoms with Gasteiger partial charge in [-0.3, -0.25) is 0 Å². The van der Waals surface area contributed by atoms with Crippen molar-refractivity contribution in [2.75, 3.05) is 6.54 Å². The van der Waals surface area contributed by atoms with Crippen LogP contribution in [0.2, 0.25) is 0 Å². The van der Waals surface area contributed by atoms with E-state index in [0.29, 0.717) is 6.54 Å². The summed E-state index contributed by atoms with van der Waals surface area (Å²) in [6, 6.07) is 12.4. The fourth-order valence-electron chi connectivity index (χ4n) is 3.22. The van der Waals surface area contributed by atoms with E-state index in [2.05, 4.69) is 48.8 Å². The average Bonchev–Trinajstić information content (AvgIpc) is 3.38. The number of nitrogens with one attached hydrogen (secondary N) is 2. The predicted molar refractivity (Wildman–Crippen MR) is 111 cm³/mol. The molecule has 28 heavy (non-hydrogen) atoms. The van der Waals surface area contributed by atoms with Crippen LogP contribution in [0.4, 0.5) is 0 Å². The number of hydrogen-bond acceptors (Lipinski definition) is 4. The first-order chi connectivity index (χ1) is 13.8. The lowest BCUT2D eigenvalue weighted by atomic mass is 10.1. The summed E-state index contributed by atoms with van der Waals surface area (Å²) in [5.74, 6) is 2.82. The second-order valence-electron chi connectivity index (χ2n) is 6.79. The molecule has 0 aliphatic carbocycles. The van der Waals surface area contributed by atoms with Crippen LogP contribution in [-0.2, 0) is 25.9 Å². The number of furan rings is 1. The first-order valence-corrected chi connectivity index (χ1v) is 10.2. The summed E-state index contributed by atoms with van der Waals surface area (Å²) in [6.45, 7) is 2.16. The number of fused-ring (bicyclic) bond motifs is 1. The van der Waals surface area contributed by atoms with Crippen LogP contribution in [0.5, 0.6) is 0 Å². The van der Waals surface area contributed by atoms with Gasteiger partial charge in [-0.1, -0.05) is 28.1 Å². The number of aliphatic imine (C=N–C) groups is 1. The molecule has 3 heterocycles. The van der Waals surface area contributed by atoms with Crippen LogP contribution >= 0.6 is 15.9 Å². The Kier molecular flexibility index (Phi) is 6.06. The summed E-state index contributed by atoms with van der Waals surface area (Å²) in [7, 11) is 0. The van der Waals surface area contributed by atoms with E-state index in [1.54, 1.807) is 12.6 Å². The van der Waals surface area contributed by atoms with Gasteiger partial charge >= 0.3 is 0 Å². The second-order valence-corrected chi connectivity index (χ2v) is 7.70. The normalized spacial score (nSPS) is 16.6. The maximum Gasteiger partial charge on any atom is 0.191 e. The van der Waals surface area contributed by atoms with Crippen LogP contribution in [-0.4, -0.2) is 33.3 Å². The van der Waals surface area contributed by atoms with Crippen molar-refractivity contribution in [3.05, 3.63) is 70.6 Å². The number of aryl methyl sites for hydroxylation is 1. The molecular formula is C20H23BrN6O. The van der Waals surface area contributed by atoms with E-state index < -0.39 is 0 Å². The average molecular weight is 443 g/mol. The molecule has 0 radical (unpaired) electrons. The maximum atomic E-state index is 5.41. The van der Waals surface area contributed by atoms with Crippen LogP contribution in [0.25, 0.3) is 0 Å². The van der Waals surface area contributed by atoms with Crippen molar-refractivity contribution in [1.82, 2.24) is 25.4 Å². The van der Waals surface area contributed by atoms with Gasteiger partial charge in [-0.2, -0.15) is 5.10 Å². The van der Waals surface area contributed by atoms with Gasteiger partial charge in [0.15, 0.2) is 5.96 Å². The third-order valence-corrected chi connectivity index (χ3v) is 5.25. The molecule has 1 aliphatic heterocycles. The van der Waals surface area contributed by atoms with E-state index in [4.69, 9.17) is 9.41 Å². The molecule has 1 unspecified atom stereocenters. The molecule has 0 amide bonds. The molecule has 146 valence electrons. The van der Waals surface area contributed by atoms with Crippen molar-refractivity contribution in [3.63, 3.8) is 0 Å². The van der Waals surface area contributed by atoms with E-state index in [0.717, 1.165) is 59.9 Å². The molecule has 1 atom stereocenters. The maximum absolute atomic E-state index is 5.41. The van der Waals surface area contributed by atoms with Gasteiger partial charge in [0.05, 0.1) is 19.4 Å². The number of benzene rings is 1. The Labute approximate surface area is 172 Å². The van der Waals surface area contributed by atoms with E-state index >= 15 is 0 Å². The monoisotopic (exact) mass is 442 g/mol. The van der Waals surface area contributed by atoms with E-state index in [1.165, 1.54) is 0 Å². The third kappa shape index (κ3) is 5.01. The first kappa shape index (κ1) is 18.7. The molecule has 0 saturated carbocycles. The number of rotatable bonds is 6. The second kappa shape index (κ2) is 9.05. The fourth-order valence-corrected chi connectivity index (χ4v) is 3.48. The molecule has 1 aliphatic rings. The summed E-state index contributed by atoms with van der Waals surface area (Å²) < 4.78 is 8.45. The number of nitrogens with zero attached hydrogens (tertiary/aromatic N) is 4. The molecule has 3 aromatic rings. The standard InChI is InChI=1S/C20H23BrN6O/c21-16-5-3-15(4-6-16)12-23-20(22-10-9-18-2-1-11-28-18)26-17-7-8-19-24-14-25-27(19)13-17/h1-6,11,14,17H,7-10,12-13H2,(H2,22,23,26). The van der Waals surface area contributed by atoms with Gasteiger partial charge in [0, 0.05) is 29.9 Å². The summed E-state index contributed by atoms with van der Waals surface area (Å²) in [5.41, 5.74) is 1.16. The first-order valence-electron chi connectivity index (χ1n) is 9.44. The third-order valence-electron chi connectivity index (χ3n) is 4.72.